The maximum absolute atomic E-state index is 13.9. The standard InChI is InChI=1S/C27H25ClF4N4O/c1-15(34-25-20-3-2-4-23(37-27(30,31)32)24(20)35-26(28)36-25)13-16-5-7-17(8-6-16)19-11-12-33-22-10-9-18(29)14-21(19)22/h2-4,9-12,14-17H,5-8,13H2,1H3,(H,34,35,36)/t15?,16-,17+. The van der Waals surface area contributed by atoms with E-state index in [4.69, 9.17) is 11.6 Å². The van der Waals surface area contributed by atoms with Crippen molar-refractivity contribution in [3.63, 3.8) is 0 Å². The van der Waals surface area contributed by atoms with E-state index >= 15 is 0 Å². The van der Waals surface area contributed by atoms with Gasteiger partial charge in [-0.05, 0) is 104 Å². The fourth-order valence-corrected chi connectivity index (χ4v) is 5.58. The molecule has 5 rings (SSSR count). The molecule has 2 aromatic carbocycles. The van der Waals surface area contributed by atoms with Crippen molar-refractivity contribution in [2.45, 2.75) is 57.3 Å². The van der Waals surface area contributed by atoms with Gasteiger partial charge in [0.2, 0.25) is 5.28 Å². The SMILES string of the molecule is CC(C[C@H]1CC[C@@H](c2ccnc3ccc(F)cc32)CC1)Nc1nc(Cl)nc2c(OC(F)(F)F)cccc12. The highest BCUT2D eigenvalue weighted by Crippen LogP contribution is 2.40. The van der Waals surface area contributed by atoms with Gasteiger partial charge in [-0.25, -0.2) is 14.4 Å². The van der Waals surface area contributed by atoms with Crippen molar-refractivity contribution in [3.05, 3.63) is 65.3 Å². The summed E-state index contributed by atoms with van der Waals surface area (Å²) in [6.45, 7) is 2.02. The fourth-order valence-electron chi connectivity index (χ4n) is 5.41. The second-order valence-corrected chi connectivity index (χ2v) is 9.94. The maximum Gasteiger partial charge on any atom is 0.573 e. The number of anilines is 1. The number of para-hydroxylation sites is 1. The number of rotatable bonds is 6. The molecule has 1 aliphatic rings. The minimum Gasteiger partial charge on any atom is -0.403 e. The molecule has 4 aromatic rings. The van der Waals surface area contributed by atoms with Crippen molar-refractivity contribution in [3.8, 4) is 5.75 Å². The molecule has 2 aromatic heterocycles. The van der Waals surface area contributed by atoms with E-state index in [9.17, 15) is 17.6 Å². The van der Waals surface area contributed by atoms with Gasteiger partial charge < -0.3 is 10.1 Å². The van der Waals surface area contributed by atoms with E-state index in [-0.39, 0.29) is 22.7 Å². The van der Waals surface area contributed by atoms with Crippen LogP contribution in [-0.2, 0) is 0 Å². The molecule has 5 nitrogen and oxygen atoms in total. The van der Waals surface area contributed by atoms with Gasteiger partial charge in [0.25, 0.3) is 0 Å². The summed E-state index contributed by atoms with van der Waals surface area (Å²) < 4.78 is 56.5. The molecule has 0 saturated heterocycles. The molecule has 1 atom stereocenters. The molecule has 0 aliphatic heterocycles. The lowest BCUT2D eigenvalue weighted by Gasteiger charge is -2.31. The summed E-state index contributed by atoms with van der Waals surface area (Å²) >= 11 is 6.04. The normalized spacial score (nSPS) is 19.2. The lowest BCUT2D eigenvalue weighted by atomic mass is 9.76. The van der Waals surface area contributed by atoms with Crippen LogP contribution in [0.5, 0.6) is 5.75 Å². The molecule has 1 saturated carbocycles. The molecule has 1 unspecified atom stereocenters. The summed E-state index contributed by atoms with van der Waals surface area (Å²) in [5.41, 5.74) is 1.95. The molecule has 1 aliphatic carbocycles. The van der Waals surface area contributed by atoms with Crippen LogP contribution in [0.3, 0.4) is 0 Å². The van der Waals surface area contributed by atoms with Crippen molar-refractivity contribution in [1.82, 2.24) is 15.0 Å². The van der Waals surface area contributed by atoms with Crippen molar-refractivity contribution in [2.75, 3.05) is 5.32 Å². The number of halogens is 5. The number of alkyl halides is 3. The number of hydrogen-bond donors (Lipinski definition) is 1. The van der Waals surface area contributed by atoms with Crippen LogP contribution in [0.15, 0.2) is 48.7 Å². The van der Waals surface area contributed by atoms with Crippen LogP contribution in [0.4, 0.5) is 23.4 Å². The highest BCUT2D eigenvalue weighted by atomic mass is 35.5. The third kappa shape index (κ3) is 5.87. The topological polar surface area (TPSA) is 59.9 Å². The van der Waals surface area contributed by atoms with E-state index in [1.54, 1.807) is 24.4 Å². The predicted octanol–water partition coefficient (Wildman–Crippen LogP) is 8.03. The molecular formula is C27H25ClF4N4O. The van der Waals surface area contributed by atoms with Gasteiger partial charge in [0.05, 0.1) is 5.52 Å². The summed E-state index contributed by atoms with van der Waals surface area (Å²) in [5.74, 6) is 0.505. The van der Waals surface area contributed by atoms with E-state index in [0.717, 1.165) is 48.6 Å². The second-order valence-electron chi connectivity index (χ2n) is 9.60. The first-order chi connectivity index (χ1) is 17.7. The van der Waals surface area contributed by atoms with Gasteiger partial charge in [-0.3, -0.25) is 4.98 Å². The van der Waals surface area contributed by atoms with Gasteiger partial charge >= 0.3 is 6.36 Å². The van der Waals surface area contributed by atoms with Gasteiger partial charge in [0.1, 0.15) is 17.2 Å². The third-order valence-corrected chi connectivity index (χ3v) is 7.15. The van der Waals surface area contributed by atoms with Crippen LogP contribution in [-0.4, -0.2) is 27.4 Å². The highest BCUT2D eigenvalue weighted by molar-refractivity contribution is 6.29. The summed E-state index contributed by atoms with van der Waals surface area (Å²) in [7, 11) is 0. The molecule has 0 bridgehead atoms. The first-order valence-corrected chi connectivity index (χ1v) is 12.6. The number of hydrogen-bond acceptors (Lipinski definition) is 5. The van der Waals surface area contributed by atoms with E-state index < -0.39 is 12.1 Å². The Morgan fingerprint density at radius 2 is 1.84 bits per heavy atom. The Labute approximate surface area is 216 Å². The largest absolute Gasteiger partial charge is 0.573 e. The minimum absolute atomic E-state index is 0.00115. The molecule has 0 spiro atoms. The number of benzene rings is 2. The zero-order valence-corrected chi connectivity index (χ0v) is 20.8. The zero-order valence-electron chi connectivity index (χ0n) is 20.0. The molecule has 1 fully saturated rings. The van der Waals surface area contributed by atoms with E-state index in [1.165, 1.54) is 18.2 Å². The number of pyridine rings is 1. The summed E-state index contributed by atoms with van der Waals surface area (Å²) in [6, 6.07) is 11.0. The molecule has 37 heavy (non-hydrogen) atoms. The molecule has 1 N–H and O–H groups in total. The van der Waals surface area contributed by atoms with E-state index in [2.05, 4.69) is 25.0 Å². The molecule has 0 radical (unpaired) electrons. The highest BCUT2D eigenvalue weighted by Gasteiger charge is 2.32. The minimum atomic E-state index is -4.85. The Kier molecular flexibility index (Phi) is 7.07. The molecule has 0 amide bonds. The third-order valence-electron chi connectivity index (χ3n) is 6.98. The Bertz CT molecular complexity index is 1420. The van der Waals surface area contributed by atoms with Crippen LogP contribution < -0.4 is 10.1 Å². The molecule has 10 heteroatoms. The Balaban J connectivity index is 1.26. The molecular weight excluding hydrogens is 508 g/mol. The van der Waals surface area contributed by atoms with Crippen LogP contribution in [0.2, 0.25) is 5.28 Å². The second kappa shape index (κ2) is 10.3. The first-order valence-electron chi connectivity index (χ1n) is 12.2. The van der Waals surface area contributed by atoms with Crippen LogP contribution in [0.25, 0.3) is 21.8 Å². The van der Waals surface area contributed by atoms with Gasteiger partial charge in [0.15, 0.2) is 5.75 Å². The van der Waals surface area contributed by atoms with Crippen LogP contribution >= 0.6 is 11.6 Å². The van der Waals surface area contributed by atoms with Gasteiger partial charge in [0, 0.05) is 23.0 Å². The lowest BCUT2D eigenvalue weighted by molar-refractivity contribution is -0.274. The van der Waals surface area contributed by atoms with Crippen LogP contribution in [0.1, 0.15) is 50.5 Å². The number of nitrogens with zero attached hydrogens (tertiary/aromatic N) is 3. The van der Waals surface area contributed by atoms with Crippen molar-refractivity contribution >= 4 is 39.2 Å². The monoisotopic (exact) mass is 532 g/mol. The lowest BCUT2D eigenvalue weighted by Crippen LogP contribution is -2.23. The number of ether oxygens (including phenoxy) is 1. The number of aromatic nitrogens is 3. The Hall–Kier alpha value is -3.20. The maximum atomic E-state index is 13.9. The quantitative estimate of drug-likeness (QED) is 0.201. The first kappa shape index (κ1) is 25.4. The molecule has 2 heterocycles. The predicted molar refractivity (Wildman–Crippen MR) is 135 cm³/mol. The van der Waals surface area contributed by atoms with Gasteiger partial charge in [-0.1, -0.05) is 6.07 Å². The van der Waals surface area contributed by atoms with Gasteiger partial charge in [-0.15, -0.1) is 13.2 Å². The summed E-state index contributed by atoms with van der Waals surface area (Å²) in [4.78, 5) is 12.6. The number of fused-ring (bicyclic) bond motifs is 2. The smallest absolute Gasteiger partial charge is 0.403 e. The number of nitrogens with one attached hydrogen (secondary N) is 1. The average Bonchev–Trinajstić information content (AvgIpc) is 2.84. The van der Waals surface area contributed by atoms with Crippen molar-refractivity contribution in [1.29, 1.82) is 0 Å². The van der Waals surface area contributed by atoms with Crippen molar-refractivity contribution in [2.24, 2.45) is 5.92 Å². The summed E-state index contributed by atoms with van der Waals surface area (Å²) in [5, 5.41) is 4.43. The van der Waals surface area contributed by atoms with E-state index in [1.807, 2.05) is 13.0 Å². The Morgan fingerprint density at radius 1 is 1.05 bits per heavy atom. The fraction of sp³-hybridized carbons (Fsp3) is 0.370. The van der Waals surface area contributed by atoms with Crippen molar-refractivity contribution < 1.29 is 22.3 Å². The van der Waals surface area contributed by atoms with Crippen LogP contribution in [0, 0.1) is 11.7 Å². The van der Waals surface area contributed by atoms with Gasteiger partial charge in [-0.2, -0.15) is 0 Å². The molecule has 194 valence electrons. The van der Waals surface area contributed by atoms with E-state index in [0.29, 0.717) is 23.0 Å². The zero-order chi connectivity index (χ0) is 26.2. The summed E-state index contributed by atoms with van der Waals surface area (Å²) in [6.07, 6.45) is 1.83. The average molecular weight is 533 g/mol. The Morgan fingerprint density at radius 3 is 2.59 bits per heavy atom.